The molecule has 0 heterocycles. The van der Waals surface area contributed by atoms with Gasteiger partial charge in [-0.3, -0.25) is 0 Å². The second-order valence-corrected chi connectivity index (χ2v) is 6.65. The first-order valence-electron chi connectivity index (χ1n) is 5.62. The van der Waals surface area contributed by atoms with Crippen molar-refractivity contribution in [1.29, 1.82) is 0 Å². The van der Waals surface area contributed by atoms with Crippen molar-refractivity contribution < 1.29 is 0 Å². The molecule has 0 radical (unpaired) electrons. The molecule has 0 aromatic heterocycles. The van der Waals surface area contributed by atoms with E-state index in [0.29, 0.717) is 5.41 Å². The molecule has 3 heteroatoms. The van der Waals surface area contributed by atoms with Gasteiger partial charge in [-0.15, -0.1) is 11.8 Å². The van der Waals surface area contributed by atoms with E-state index in [4.69, 9.17) is 0 Å². The number of hydrogen-bond donors (Lipinski definition) is 1. The van der Waals surface area contributed by atoms with E-state index in [0.717, 1.165) is 23.3 Å². The molecule has 0 aliphatic carbocycles. The van der Waals surface area contributed by atoms with Gasteiger partial charge in [-0.25, -0.2) is 0 Å². The largest absolute Gasteiger partial charge is 0.316 e. The highest BCUT2D eigenvalue weighted by Gasteiger charge is 2.17. The van der Waals surface area contributed by atoms with Crippen molar-refractivity contribution in [1.82, 2.24) is 5.32 Å². The Labute approximate surface area is 112 Å². The SMILES string of the molecule is CCNCC(C)(C)CSc1ccc(Br)cc1. The lowest BCUT2D eigenvalue weighted by Crippen LogP contribution is -2.31. The molecule has 0 amide bonds. The molecule has 1 N–H and O–H groups in total. The van der Waals surface area contributed by atoms with E-state index in [1.54, 1.807) is 0 Å². The predicted molar refractivity (Wildman–Crippen MR) is 77.2 cm³/mol. The second-order valence-electron chi connectivity index (χ2n) is 4.69. The van der Waals surface area contributed by atoms with Crippen LogP contribution in [0, 0.1) is 5.41 Å². The normalized spacial score (nSPS) is 11.8. The van der Waals surface area contributed by atoms with E-state index >= 15 is 0 Å². The maximum absolute atomic E-state index is 3.45. The first kappa shape index (κ1) is 14.1. The number of rotatable bonds is 6. The average Bonchev–Trinajstić information content (AvgIpc) is 2.26. The Morgan fingerprint density at radius 1 is 1.25 bits per heavy atom. The van der Waals surface area contributed by atoms with Gasteiger partial charge in [-0.1, -0.05) is 36.7 Å². The van der Waals surface area contributed by atoms with Gasteiger partial charge < -0.3 is 5.32 Å². The summed E-state index contributed by atoms with van der Waals surface area (Å²) in [5.41, 5.74) is 0.341. The molecule has 1 aromatic carbocycles. The molecule has 0 aliphatic rings. The summed E-state index contributed by atoms with van der Waals surface area (Å²) < 4.78 is 1.14. The Hall–Kier alpha value is 0.01000. The van der Waals surface area contributed by atoms with Crippen LogP contribution in [-0.4, -0.2) is 18.8 Å². The molecule has 0 bridgehead atoms. The van der Waals surface area contributed by atoms with E-state index < -0.39 is 0 Å². The smallest absolute Gasteiger partial charge is 0.0176 e. The second kappa shape index (κ2) is 6.67. The average molecular weight is 302 g/mol. The van der Waals surface area contributed by atoms with Gasteiger partial charge in [0.25, 0.3) is 0 Å². The highest BCUT2D eigenvalue weighted by Crippen LogP contribution is 2.27. The van der Waals surface area contributed by atoms with Gasteiger partial charge in [0.05, 0.1) is 0 Å². The Morgan fingerprint density at radius 3 is 2.44 bits per heavy atom. The highest BCUT2D eigenvalue weighted by atomic mass is 79.9. The van der Waals surface area contributed by atoms with Crippen molar-refractivity contribution in [3.05, 3.63) is 28.7 Å². The summed E-state index contributed by atoms with van der Waals surface area (Å²) in [7, 11) is 0. The number of benzene rings is 1. The molecule has 0 spiro atoms. The first-order valence-corrected chi connectivity index (χ1v) is 7.40. The minimum absolute atomic E-state index is 0.341. The van der Waals surface area contributed by atoms with Crippen LogP contribution in [0.1, 0.15) is 20.8 Å². The zero-order chi connectivity index (χ0) is 12.0. The van der Waals surface area contributed by atoms with Crippen molar-refractivity contribution in [3.63, 3.8) is 0 Å². The van der Waals surface area contributed by atoms with Crippen molar-refractivity contribution >= 4 is 27.7 Å². The fourth-order valence-corrected chi connectivity index (χ4v) is 2.58. The maximum atomic E-state index is 3.45. The predicted octanol–water partition coefficient (Wildman–Crippen LogP) is 4.18. The summed E-state index contributed by atoms with van der Waals surface area (Å²) in [6.07, 6.45) is 0. The van der Waals surface area contributed by atoms with E-state index in [1.807, 2.05) is 11.8 Å². The van der Waals surface area contributed by atoms with Crippen molar-refractivity contribution in [2.75, 3.05) is 18.8 Å². The Bertz CT molecular complexity index is 308. The van der Waals surface area contributed by atoms with Crippen molar-refractivity contribution in [2.24, 2.45) is 5.41 Å². The number of nitrogens with one attached hydrogen (secondary N) is 1. The van der Waals surface area contributed by atoms with Gasteiger partial charge in [0, 0.05) is 21.7 Å². The lowest BCUT2D eigenvalue weighted by atomic mass is 9.97. The van der Waals surface area contributed by atoms with Crippen LogP contribution in [0.5, 0.6) is 0 Å². The fourth-order valence-electron chi connectivity index (χ4n) is 1.32. The van der Waals surface area contributed by atoms with Crippen LogP contribution in [0.2, 0.25) is 0 Å². The van der Waals surface area contributed by atoms with E-state index in [-0.39, 0.29) is 0 Å². The molecule has 1 aromatic rings. The zero-order valence-electron chi connectivity index (χ0n) is 10.2. The molecular weight excluding hydrogens is 282 g/mol. The molecule has 0 fully saturated rings. The van der Waals surface area contributed by atoms with E-state index in [9.17, 15) is 0 Å². The van der Waals surface area contributed by atoms with Gasteiger partial charge in [-0.05, 0) is 36.2 Å². The number of halogens is 1. The fraction of sp³-hybridized carbons (Fsp3) is 0.538. The quantitative estimate of drug-likeness (QED) is 0.791. The lowest BCUT2D eigenvalue weighted by Gasteiger charge is -2.24. The summed E-state index contributed by atoms with van der Waals surface area (Å²) in [5.74, 6) is 1.14. The molecule has 0 saturated carbocycles. The van der Waals surface area contributed by atoms with Crippen LogP contribution in [0.15, 0.2) is 33.6 Å². The molecule has 0 saturated heterocycles. The third-order valence-corrected chi connectivity index (χ3v) is 4.36. The van der Waals surface area contributed by atoms with Gasteiger partial charge in [0.2, 0.25) is 0 Å². The molecule has 1 rings (SSSR count). The third-order valence-electron chi connectivity index (χ3n) is 2.30. The summed E-state index contributed by atoms with van der Waals surface area (Å²) in [4.78, 5) is 1.34. The van der Waals surface area contributed by atoms with Crippen LogP contribution < -0.4 is 5.32 Å². The molecule has 1 nitrogen and oxygen atoms in total. The topological polar surface area (TPSA) is 12.0 Å². The van der Waals surface area contributed by atoms with Gasteiger partial charge in [0.15, 0.2) is 0 Å². The highest BCUT2D eigenvalue weighted by molar-refractivity contribution is 9.10. The lowest BCUT2D eigenvalue weighted by molar-refractivity contribution is 0.394. The van der Waals surface area contributed by atoms with Gasteiger partial charge in [0.1, 0.15) is 0 Å². The summed E-state index contributed by atoms with van der Waals surface area (Å²) >= 11 is 5.38. The molecule has 90 valence electrons. The summed E-state index contributed by atoms with van der Waals surface area (Å²) in [6.45, 7) is 8.89. The molecule has 0 aliphatic heterocycles. The van der Waals surface area contributed by atoms with E-state index in [2.05, 4.69) is 66.3 Å². The van der Waals surface area contributed by atoms with Crippen LogP contribution in [-0.2, 0) is 0 Å². The molecular formula is C13H20BrNS. The third kappa shape index (κ3) is 5.37. The van der Waals surface area contributed by atoms with Crippen LogP contribution >= 0.6 is 27.7 Å². The molecule has 0 atom stereocenters. The molecule has 16 heavy (non-hydrogen) atoms. The maximum Gasteiger partial charge on any atom is 0.0176 e. The monoisotopic (exact) mass is 301 g/mol. The van der Waals surface area contributed by atoms with Gasteiger partial charge in [-0.2, -0.15) is 0 Å². The number of thioether (sulfide) groups is 1. The standard InChI is InChI=1S/C13H20BrNS/c1-4-15-9-13(2,3)10-16-12-7-5-11(14)6-8-12/h5-8,15H,4,9-10H2,1-3H3. The first-order chi connectivity index (χ1) is 7.53. The zero-order valence-corrected chi connectivity index (χ0v) is 12.6. The van der Waals surface area contributed by atoms with Crippen LogP contribution in [0.3, 0.4) is 0 Å². The van der Waals surface area contributed by atoms with Gasteiger partial charge >= 0.3 is 0 Å². The molecule has 0 unspecified atom stereocenters. The van der Waals surface area contributed by atoms with Crippen molar-refractivity contribution in [2.45, 2.75) is 25.7 Å². The number of hydrogen-bond acceptors (Lipinski definition) is 2. The van der Waals surface area contributed by atoms with E-state index in [1.165, 1.54) is 4.90 Å². The Morgan fingerprint density at radius 2 is 1.88 bits per heavy atom. The van der Waals surface area contributed by atoms with Crippen LogP contribution in [0.25, 0.3) is 0 Å². The minimum atomic E-state index is 0.341. The summed E-state index contributed by atoms with van der Waals surface area (Å²) in [6, 6.07) is 8.52. The minimum Gasteiger partial charge on any atom is -0.316 e. The Balaban J connectivity index is 2.41. The van der Waals surface area contributed by atoms with Crippen molar-refractivity contribution in [3.8, 4) is 0 Å². The van der Waals surface area contributed by atoms with Crippen LogP contribution in [0.4, 0.5) is 0 Å². The Kier molecular flexibility index (Phi) is 5.87. The summed E-state index contributed by atoms with van der Waals surface area (Å²) in [5, 5.41) is 3.41.